The number of aliphatic hydroxyl groups is 1. The predicted molar refractivity (Wildman–Crippen MR) is 191 cm³/mol. The quantitative estimate of drug-likeness (QED) is 0.135. The molecule has 262 valence electrons. The number of carbonyl (C=O) groups is 3. The molecule has 50 heavy (non-hydrogen) atoms. The molecular formula is C38H46N8O4. The highest BCUT2D eigenvalue weighted by Crippen LogP contribution is 2.29. The first-order chi connectivity index (χ1) is 24.2. The van der Waals surface area contributed by atoms with Gasteiger partial charge in [-0.3, -0.25) is 14.4 Å². The Balaban J connectivity index is 1.13. The summed E-state index contributed by atoms with van der Waals surface area (Å²) in [6.07, 6.45) is 6.39. The number of hydrogen-bond donors (Lipinski definition) is 6. The van der Waals surface area contributed by atoms with Crippen molar-refractivity contribution in [2.24, 2.45) is 17.6 Å². The van der Waals surface area contributed by atoms with Crippen LogP contribution in [0.4, 0.5) is 5.69 Å². The van der Waals surface area contributed by atoms with Gasteiger partial charge >= 0.3 is 0 Å². The number of anilines is 1. The van der Waals surface area contributed by atoms with Crippen LogP contribution in [0, 0.1) is 18.8 Å². The second kappa shape index (κ2) is 16.2. The molecule has 2 aliphatic rings. The number of rotatable bonds is 11. The van der Waals surface area contributed by atoms with Crippen LogP contribution >= 0.6 is 0 Å². The monoisotopic (exact) mass is 678 g/mol. The van der Waals surface area contributed by atoms with Gasteiger partial charge in [-0.1, -0.05) is 30.3 Å². The first-order valence-corrected chi connectivity index (χ1v) is 17.6. The van der Waals surface area contributed by atoms with E-state index < -0.39 is 6.04 Å². The zero-order chi connectivity index (χ0) is 35.0. The minimum Gasteiger partial charge on any atom is -0.393 e. The van der Waals surface area contributed by atoms with Gasteiger partial charge in [-0.15, -0.1) is 10.2 Å². The van der Waals surface area contributed by atoms with Crippen molar-refractivity contribution in [3.05, 3.63) is 83.4 Å². The van der Waals surface area contributed by atoms with Crippen molar-refractivity contribution in [2.45, 2.75) is 82.9 Å². The van der Waals surface area contributed by atoms with Crippen molar-refractivity contribution in [1.82, 2.24) is 31.3 Å². The Morgan fingerprint density at radius 1 is 0.900 bits per heavy atom. The summed E-state index contributed by atoms with van der Waals surface area (Å²) in [5.41, 5.74) is 11.7. The number of aryl methyl sites for hydroxylation is 1. The normalized spacial score (nSPS) is 21.2. The van der Waals surface area contributed by atoms with Gasteiger partial charge < -0.3 is 26.8 Å². The standard InChI is InChI=1S/C38H46N8O4/c1-23-20-29(37(49)40-31-15-17-32(47)18-16-31)12-19-33(23)26-6-2-24(3-7-26)21-34(42-36(48)28-8-4-25(22-39)5-9-28)38(50)41-30-13-10-27(11-14-30)35-43-45-46-44-35/h2-3,6-7,10-14,19-20,25,28,31-32,34,47H,4-5,8-9,15-18,21-22,39H2,1H3,(H,40,49)(H,41,50)(H,42,48)(H,43,44,45,46). The average molecular weight is 679 g/mol. The van der Waals surface area contributed by atoms with Crippen molar-refractivity contribution in [2.75, 3.05) is 11.9 Å². The lowest BCUT2D eigenvalue weighted by Gasteiger charge is -2.28. The minimum absolute atomic E-state index is 0.0867. The molecule has 3 aromatic carbocycles. The van der Waals surface area contributed by atoms with Gasteiger partial charge in [-0.2, -0.15) is 5.21 Å². The number of carbonyl (C=O) groups excluding carboxylic acids is 3. The molecule has 0 aliphatic heterocycles. The molecule has 2 fully saturated rings. The van der Waals surface area contributed by atoms with Gasteiger partial charge in [0.05, 0.1) is 6.10 Å². The molecule has 2 saturated carbocycles. The molecule has 2 aliphatic carbocycles. The van der Waals surface area contributed by atoms with Crippen LogP contribution in [0.25, 0.3) is 22.5 Å². The fourth-order valence-electron chi connectivity index (χ4n) is 7.05. The second-order valence-electron chi connectivity index (χ2n) is 13.7. The Labute approximate surface area is 292 Å². The summed E-state index contributed by atoms with van der Waals surface area (Å²) < 4.78 is 0. The Bertz CT molecular complexity index is 1740. The molecule has 1 aromatic heterocycles. The molecule has 0 spiro atoms. The van der Waals surface area contributed by atoms with Crippen LogP contribution < -0.4 is 21.7 Å². The highest BCUT2D eigenvalue weighted by molar-refractivity contribution is 5.98. The molecule has 0 bridgehead atoms. The lowest BCUT2D eigenvalue weighted by Crippen LogP contribution is -2.48. The number of nitrogens with zero attached hydrogens (tertiary/aromatic N) is 3. The van der Waals surface area contributed by atoms with Crippen LogP contribution in [0.3, 0.4) is 0 Å². The first-order valence-electron chi connectivity index (χ1n) is 17.6. The van der Waals surface area contributed by atoms with E-state index in [2.05, 4.69) is 36.6 Å². The summed E-state index contributed by atoms with van der Waals surface area (Å²) >= 11 is 0. The van der Waals surface area contributed by atoms with Gasteiger partial charge in [0.25, 0.3) is 5.91 Å². The molecule has 1 heterocycles. The predicted octanol–water partition coefficient (Wildman–Crippen LogP) is 4.31. The Hall–Kier alpha value is -4.94. The number of aliphatic hydroxyl groups excluding tert-OH is 1. The first kappa shape index (κ1) is 34.9. The minimum atomic E-state index is -0.788. The van der Waals surface area contributed by atoms with Crippen LogP contribution in [0.2, 0.25) is 0 Å². The zero-order valence-electron chi connectivity index (χ0n) is 28.4. The van der Waals surface area contributed by atoms with E-state index in [0.717, 1.165) is 66.3 Å². The van der Waals surface area contributed by atoms with E-state index >= 15 is 0 Å². The lowest BCUT2D eigenvalue weighted by molar-refractivity contribution is -0.130. The van der Waals surface area contributed by atoms with Crippen molar-refractivity contribution in [3.63, 3.8) is 0 Å². The van der Waals surface area contributed by atoms with Gasteiger partial charge in [0.15, 0.2) is 0 Å². The third-order valence-corrected chi connectivity index (χ3v) is 10.2. The lowest BCUT2D eigenvalue weighted by atomic mass is 9.81. The molecule has 4 aromatic rings. The van der Waals surface area contributed by atoms with Gasteiger partial charge in [-0.05, 0) is 135 Å². The highest BCUT2D eigenvalue weighted by atomic mass is 16.3. The van der Waals surface area contributed by atoms with Crippen molar-refractivity contribution in [1.29, 1.82) is 0 Å². The summed E-state index contributed by atoms with van der Waals surface area (Å²) in [5, 5.41) is 32.9. The third kappa shape index (κ3) is 8.80. The fraction of sp³-hybridized carbons (Fsp3) is 0.421. The molecular weight excluding hydrogens is 632 g/mol. The Morgan fingerprint density at radius 2 is 1.60 bits per heavy atom. The molecule has 1 atom stereocenters. The van der Waals surface area contributed by atoms with Crippen LogP contribution in [0.15, 0.2) is 66.7 Å². The molecule has 6 rings (SSSR count). The van der Waals surface area contributed by atoms with E-state index in [1.807, 2.05) is 49.4 Å². The van der Waals surface area contributed by atoms with E-state index in [1.165, 1.54) is 0 Å². The number of amides is 3. The molecule has 3 amide bonds. The van der Waals surface area contributed by atoms with E-state index in [-0.39, 0.29) is 35.8 Å². The van der Waals surface area contributed by atoms with Crippen molar-refractivity contribution < 1.29 is 19.5 Å². The zero-order valence-corrected chi connectivity index (χ0v) is 28.4. The molecule has 0 radical (unpaired) electrons. The number of H-pyrrole nitrogens is 1. The van der Waals surface area contributed by atoms with Crippen LogP contribution in [0.5, 0.6) is 0 Å². The summed E-state index contributed by atoms with van der Waals surface area (Å²) in [6, 6.07) is 20.1. The summed E-state index contributed by atoms with van der Waals surface area (Å²) in [5.74, 6) is 0.243. The fourth-order valence-corrected chi connectivity index (χ4v) is 7.05. The van der Waals surface area contributed by atoms with Crippen LogP contribution in [-0.2, 0) is 16.0 Å². The highest BCUT2D eigenvalue weighted by Gasteiger charge is 2.29. The van der Waals surface area contributed by atoms with E-state index in [1.54, 1.807) is 24.3 Å². The van der Waals surface area contributed by atoms with Gasteiger partial charge in [0, 0.05) is 35.2 Å². The number of nitrogens with two attached hydrogens (primary N) is 1. The molecule has 0 saturated heterocycles. The van der Waals surface area contributed by atoms with E-state index in [0.29, 0.717) is 48.8 Å². The second-order valence-corrected chi connectivity index (χ2v) is 13.7. The van der Waals surface area contributed by atoms with Crippen LogP contribution in [-0.4, -0.2) is 68.2 Å². The smallest absolute Gasteiger partial charge is 0.251 e. The largest absolute Gasteiger partial charge is 0.393 e. The van der Waals surface area contributed by atoms with Crippen molar-refractivity contribution in [3.8, 4) is 22.5 Å². The third-order valence-electron chi connectivity index (χ3n) is 10.2. The van der Waals surface area contributed by atoms with Crippen molar-refractivity contribution >= 4 is 23.4 Å². The topological polar surface area (TPSA) is 188 Å². The maximum atomic E-state index is 13.7. The number of nitrogens with one attached hydrogen (secondary N) is 4. The van der Waals surface area contributed by atoms with E-state index in [9.17, 15) is 19.5 Å². The SMILES string of the molecule is Cc1cc(C(=O)NC2CCC(O)CC2)ccc1-c1ccc(CC(NC(=O)C2CCC(CN)CC2)C(=O)Nc2ccc(-c3nn[nH]n3)cc2)cc1. The van der Waals surface area contributed by atoms with Gasteiger partial charge in [0.1, 0.15) is 6.04 Å². The summed E-state index contributed by atoms with van der Waals surface area (Å²) in [4.78, 5) is 40.0. The number of tetrazole rings is 1. The molecule has 1 unspecified atom stereocenters. The maximum Gasteiger partial charge on any atom is 0.251 e. The molecule has 12 heteroatoms. The Morgan fingerprint density at radius 3 is 2.24 bits per heavy atom. The molecule has 12 nitrogen and oxygen atoms in total. The van der Waals surface area contributed by atoms with E-state index in [4.69, 9.17) is 5.73 Å². The summed E-state index contributed by atoms with van der Waals surface area (Å²) in [6.45, 7) is 2.62. The number of benzene rings is 3. The Kier molecular flexibility index (Phi) is 11.3. The maximum absolute atomic E-state index is 13.7. The molecule has 7 N–H and O–H groups in total. The number of aromatic nitrogens is 4. The van der Waals surface area contributed by atoms with Gasteiger partial charge in [0.2, 0.25) is 17.6 Å². The van der Waals surface area contributed by atoms with Gasteiger partial charge in [-0.25, -0.2) is 0 Å². The van der Waals surface area contributed by atoms with Crippen LogP contribution in [0.1, 0.15) is 72.9 Å². The number of hydrogen-bond acceptors (Lipinski definition) is 8. The average Bonchev–Trinajstić information content (AvgIpc) is 3.68. The summed E-state index contributed by atoms with van der Waals surface area (Å²) in [7, 11) is 0. The number of aromatic amines is 1.